The van der Waals surface area contributed by atoms with E-state index in [0.717, 1.165) is 6.20 Å². The second-order valence-electron chi connectivity index (χ2n) is 3.38. The van der Waals surface area contributed by atoms with E-state index in [9.17, 15) is 10.1 Å². The highest BCUT2D eigenvalue weighted by atomic mass is 79.9. The van der Waals surface area contributed by atoms with E-state index in [2.05, 4.69) is 20.9 Å². The van der Waals surface area contributed by atoms with E-state index in [0.29, 0.717) is 15.9 Å². The van der Waals surface area contributed by atoms with Gasteiger partial charge in [-0.25, -0.2) is 4.98 Å². The maximum absolute atomic E-state index is 10.6. The number of para-hydroxylation sites is 2. The maximum atomic E-state index is 10.6. The highest BCUT2D eigenvalue weighted by Crippen LogP contribution is 2.32. The first-order valence-electron chi connectivity index (χ1n) is 4.90. The number of rotatable bonds is 3. The molecule has 1 aromatic carbocycles. The molecule has 0 saturated carbocycles. The Kier molecular flexibility index (Phi) is 3.42. The van der Waals surface area contributed by atoms with Gasteiger partial charge in [0.25, 0.3) is 5.69 Å². The van der Waals surface area contributed by atoms with Crippen LogP contribution in [0, 0.1) is 10.1 Å². The molecular weight excluding hydrogens is 302 g/mol. The number of nitro groups is 1. The lowest BCUT2D eigenvalue weighted by atomic mass is 10.3. The second kappa shape index (κ2) is 5.01. The molecule has 1 aromatic heterocycles. The molecule has 92 valence electrons. The normalized spacial score (nSPS) is 10.1. The predicted octanol–water partition coefficient (Wildman–Crippen LogP) is 3.13. The van der Waals surface area contributed by atoms with E-state index >= 15 is 0 Å². The summed E-state index contributed by atoms with van der Waals surface area (Å²) in [5, 5.41) is 10.6. The van der Waals surface area contributed by atoms with Crippen LogP contribution in [0.3, 0.4) is 0 Å². The summed E-state index contributed by atoms with van der Waals surface area (Å²) in [5.41, 5.74) is 6.07. The van der Waals surface area contributed by atoms with Crippen LogP contribution >= 0.6 is 15.9 Å². The summed E-state index contributed by atoms with van der Waals surface area (Å²) in [6.45, 7) is 0. The van der Waals surface area contributed by atoms with Gasteiger partial charge in [0.05, 0.1) is 15.1 Å². The van der Waals surface area contributed by atoms with E-state index in [1.54, 1.807) is 24.3 Å². The molecule has 0 aliphatic carbocycles. The van der Waals surface area contributed by atoms with Gasteiger partial charge in [-0.05, 0) is 28.1 Å². The van der Waals surface area contributed by atoms with E-state index in [4.69, 9.17) is 10.5 Å². The van der Waals surface area contributed by atoms with Crippen molar-refractivity contribution < 1.29 is 9.66 Å². The van der Waals surface area contributed by atoms with Gasteiger partial charge in [-0.3, -0.25) is 10.1 Å². The Hall–Kier alpha value is -2.15. The number of hydrogen-bond acceptors (Lipinski definition) is 5. The van der Waals surface area contributed by atoms with Gasteiger partial charge >= 0.3 is 0 Å². The van der Waals surface area contributed by atoms with Gasteiger partial charge in [-0.15, -0.1) is 0 Å². The van der Waals surface area contributed by atoms with Crippen LogP contribution in [0.4, 0.5) is 11.4 Å². The highest BCUT2D eigenvalue weighted by molar-refractivity contribution is 9.10. The fourth-order valence-corrected chi connectivity index (χ4v) is 1.69. The van der Waals surface area contributed by atoms with Crippen LogP contribution in [0.1, 0.15) is 0 Å². The Morgan fingerprint density at radius 1 is 1.39 bits per heavy atom. The van der Waals surface area contributed by atoms with Gasteiger partial charge in [-0.1, -0.05) is 12.1 Å². The molecule has 0 atom stereocenters. The SMILES string of the molecule is Nc1ccccc1Oc1ncc([N+](=O)[O-])cc1Br. The fourth-order valence-electron chi connectivity index (χ4n) is 1.27. The number of anilines is 1. The molecule has 2 rings (SSSR count). The lowest BCUT2D eigenvalue weighted by Crippen LogP contribution is -1.95. The average Bonchev–Trinajstić information content (AvgIpc) is 2.34. The van der Waals surface area contributed by atoms with Gasteiger partial charge in [0, 0.05) is 6.07 Å². The first kappa shape index (κ1) is 12.3. The topological polar surface area (TPSA) is 91.3 Å². The van der Waals surface area contributed by atoms with E-state index < -0.39 is 4.92 Å². The Labute approximate surface area is 111 Å². The van der Waals surface area contributed by atoms with E-state index in [1.165, 1.54) is 6.07 Å². The van der Waals surface area contributed by atoms with Crippen LogP contribution in [0.25, 0.3) is 0 Å². The van der Waals surface area contributed by atoms with Crippen LogP contribution < -0.4 is 10.5 Å². The Morgan fingerprint density at radius 2 is 2.11 bits per heavy atom. The molecule has 2 N–H and O–H groups in total. The first-order chi connectivity index (χ1) is 8.58. The van der Waals surface area contributed by atoms with Gasteiger partial charge in [0.1, 0.15) is 6.20 Å². The van der Waals surface area contributed by atoms with Crippen LogP contribution in [0.2, 0.25) is 0 Å². The fraction of sp³-hybridized carbons (Fsp3) is 0. The number of aromatic nitrogens is 1. The van der Waals surface area contributed by atoms with Crippen molar-refractivity contribution in [2.45, 2.75) is 0 Å². The van der Waals surface area contributed by atoms with Crippen molar-refractivity contribution in [1.29, 1.82) is 0 Å². The molecule has 2 aromatic rings. The molecule has 0 radical (unpaired) electrons. The zero-order valence-electron chi connectivity index (χ0n) is 9.04. The van der Waals surface area contributed by atoms with Gasteiger partial charge in [0.2, 0.25) is 5.88 Å². The molecule has 1 heterocycles. The summed E-state index contributed by atoms with van der Waals surface area (Å²) in [6, 6.07) is 8.24. The van der Waals surface area contributed by atoms with Gasteiger partial charge in [-0.2, -0.15) is 0 Å². The molecule has 0 amide bonds. The number of nitrogen functional groups attached to an aromatic ring is 1. The molecule has 7 heteroatoms. The van der Waals surface area contributed by atoms with Crippen LogP contribution in [-0.4, -0.2) is 9.91 Å². The molecule has 0 aliphatic rings. The third-order valence-electron chi connectivity index (χ3n) is 2.13. The summed E-state index contributed by atoms with van der Waals surface area (Å²) in [5.74, 6) is 0.665. The molecule has 0 saturated heterocycles. The average molecular weight is 310 g/mol. The third-order valence-corrected chi connectivity index (χ3v) is 2.70. The summed E-state index contributed by atoms with van der Waals surface area (Å²) >= 11 is 3.16. The van der Waals surface area contributed by atoms with Crippen molar-refractivity contribution in [1.82, 2.24) is 4.98 Å². The standard InChI is InChI=1S/C11H8BrN3O3/c12-8-5-7(15(16)17)6-14-11(8)18-10-4-2-1-3-9(10)13/h1-6H,13H2. The lowest BCUT2D eigenvalue weighted by Gasteiger charge is -2.08. The molecule has 0 aliphatic heterocycles. The van der Waals surface area contributed by atoms with E-state index in [1.807, 2.05) is 0 Å². The predicted molar refractivity (Wildman–Crippen MR) is 69.5 cm³/mol. The van der Waals surface area contributed by atoms with Crippen molar-refractivity contribution in [3.05, 3.63) is 51.1 Å². The molecule has 0 unspecified atom stereocenters. The Bertz CT molecular complexity index is 604. The summed E-state index contributed by atoms with van der Waals surface area (Å²) in [7, 11) is 0. The molecule has 0 bridgehead atoms. The Morgan fingerprint density at radius 3 is 2.72 bits per heavy atom. The number of pyridine rings is 1. The third kappa shape index (κ3) is 2.57. The molecule has 0 fully saturated rings. The Balaban J connectivity index is 2.30. The van der Waals surface area contributed by atoms with Crippen molar-refractivity contribution in [2.24, 2.45) is 0 Å². The number of nitrogens with two attached hydrogens (primary N) is 1. The minimum absolute atomic E-state index is 0.116. The number of benzene rings is 1. The largest absolute Gasteiger partial charge is 0.436 e. The van der Waals surface area contributed by atoms with Crippen molar-refractivity contribution in [3.63, 3.8) is 0 Å². The zero-order chi connectivity index (χ0) is 13.1. The first-order valence-corrected chi connectivity index (χ1v) is 5.69. The van der Waals surface area contributed by atoms with Gasteiger partial charge in [0.15, 0.2) is 5.75 Å². The number of ether oxygens (including phenoxy) is 1. The summed E-state index contributed by atoms with van der Waals surface area (Å²) < 4.78 is 5.86. The molecular formula is C11H8BrN3O3. The quantitative estimate of drug-likeness (QED) is 0.534. The maximum Gasteiger partial charge on any atom is 0.288 e. The van der Waals surface area contributed by atoms with Crippen molar-refractivity contribution in [2.75, 3.05) is 5.73 Å². The van der Waals surface area contributed by atoms with Gasteiger partial charge < -0.3 is 10.5 Å². The number of hydrogen-bond donors (Lipinski definition) is 1. The molecule has 0 spiro atoms. The molecule has 6 nitrogen and oxygen atoms in total. The highest BCUT2D eigenvalue weighted by Gasteiger charge is 2.12. The number of halogens is 1. The summed E-state index contributed by atoms with van der Waals surface area (Å²) in [4.78, 5) is 13.9. The van der Waals surface area contributed by atoms with Crippen LogP contribution in [0.5, 0.6) is 11.6 Å². The zero-order valence-corrected chi connectivity index (χ0v) is 10.6. The number of nitrogens with zero attached hydrogens (tertiary/aromatic N) is 2. The minimum Gasteiger partial charge on any atom is -0.436 e. The smallest absolute Gasteiger partial charge is 0.288 e. The van der Waals surface area contributed by atoms with Crippen molar-refractivity contribution >= 4 is 27.3 Å². The minimum atomic E-state index is -0.529. The van der Waals surface area contributed by atoms with Crippen molar-refractivity contribution in [3.8, 4) is 11.6 Å². The summed E-state index contributed by atoms with van der Waals surface area (Å²) in [6.07, 6.45) is 1.12. The van der Waals surface area contributed by atoms with Crippen LogP contribution in [-0.2, 0) is 0 Å². The van der Waals surface area contributed by atoms with E-state index in [-0.39, 0.29) is 11.6 Å². The monoisotopic (exact) mass is 309 g/mol. The molecule has 18 heavy (non-hydrogen) atoms. The second-order valence-corrected chi connectivity index (χ2v) is 4.23. The van der Waals surface area contributed by atoms with Crippen LogP contribution in [0.15, 0.2) is 41.0 Å². The lowest BCUT2D eigenvalue weighted by molar-refractivity contribution is -0.385.